The molecule has 3 spiro atoms. The summed E-state index contributed by atoms with van der Waals surface area (Å²) >= 11 is 4.15. The molecule has 0 atom stereocenters. The molecule has 1 heterocycles. The zero-order chi connectivity index (χ0) is 28.0. The van der Waals surface area contributed by atoms with Crippen molar-refractivity contribution in [1.29, 1.82) is 0 Å². The molecular weight excluding hydrogens is 492 g/mol. The largest absolute Gasteiger partial charge is 0.289 e. The Morgan fingerprint density at radius 3 is 0.973 bits per heavy atom. The van der Waals surface area contributed by atoms with Crippen molar-refractivity contribution in [3.63, 3.8) is 0 Å². The number of Topliss-reactive ketones (excluding diaryl/α,β-unsaturated/α-hetero) is 2. The zero-order valence-electron chi connectivity index (χ0n) is 25.3. The molecule has 1 saturated carbocycles. The van der Waals surface area contributed by atoms with Gasteiger partial charge in [-0.1, -0.05) is 120 Å². The third kappa shape index (κ3) is 4.81. The lowest BCUT2D eigenvalue weighted by atomic mass is 9.65. The number of ketones is 2. The molecule has 1 aliphatic heterocycles. The first-order chi connectivity index (χ1) is 16.6. The molecule has 0 bridgehead atoms. The molecule has 0 radical (unpaired) electrons. The van der Waals surface area contributed by atoms with E-state index in [-0.39, 0.29) is 37.3 Å². The molecular formula is C33H48O2S2. The number of thioether (sulfide) groups is 2. The Labute approximate surface area is 234 Å². The molecule has 4 aliphatic rings. The van der Waals surface area contributed by atoms with Crippen LogP contribution in [0.2, 0.25) is 0 Å². The van der Waals surface area contributed by atoms with Gasteiger partial charge in [0, 0.05) is 22.3 Å². The van der Waals surface area contributed by atoms with E-state index < -0.39 is 9.49 Å². The fraction of sp³-hybridized carbons (Fsp3) is 0.697. The third-order valence-corrected chi connectivity index (χ3v) is 12.3. The highest BCUT2D eigenvalue weighted by molar-refractivity contribution is 8.23. The standard InChI is InChI=1S/C33H48O2S2/c1-27(2,3)21-17-31(18-22(25(21)34)28(4,5)6)32(37-33(36-31)15-13-14-16-33)19-23(29(7,8)9)26(35)24(20-32)30(10,11)12/h17-20H,13-16H2,1-12H3. The summed E-state index contributed by atoms with van der Waals surface area (Å²) in [6.07, 6.45) is 14.1. The first-order valence-electron chi connectivity index (χ1n) is 14.0. The molecule has 4 heteroatoms. The fourth-order valence-electron chi connectivity index (χ4n) is 6.20. The summed E-state index contributed by atoms with van der Waals surface area (Å²) in [5.74, 6) is 0.372. The van der Waals surface area contributed by atoms with Gasteiger partial charge >= 0.3 is 0 Å². The van der Waals surface area contributed by atoms with Gasteiger partial charge in [-0.05, 0) is 34.5 Å². The molecule has 2 fully saturated rings. The van der Waals surface area contributed by atoms with E-state index in [1.807, 2.05) is 0 Å². The van der Waals surface area contributed by atoms with Gasteiger partial charge in [0.25, 0.3) is 0 Å². The van der Waals surface area contributed by atoms with Crippen LogP contribution in [-0.4, -0.2) is 25.1 Å². The zero-order valence-corrected chi connectivity index (χ0v) is 26.9. The van der Waals surface area contributed by atoms with E-state index in [1.54, 1.807) is 0 Å². The second-order valence-electron chi connectivity index (χ2n) is 15.8. The van der Waals surface area contributed by atoms with Gasteiger partial charge in [0.1, 0.15) is 0 Å². The van der Waals surface area contributed by atoms with Crippen LogP contribution in [-0.2, 0) is 9.59 Å². The number of carbonyl (C=O) groups excluding carboxylic acids is 2. The molecule has 0 unspecified atom stereocenters. The van der Waals surface area contributed by atoms with Crippen molar-refractivity contribution in [2.24, 2.45) is 21.7 Å². The smallest absolute Gasteiger partial charge is 0.185 e. The Kier molecular flexibility index (Phi) is 6.66. The van der Waals surface area contributed by atoms with E-state index in [4.69, 9.17) is 0 Å². The van der Waals surface area contributed by atoms with Gasteiger partial charge in [0.15, 0.2) is 11.6 Å². The average Bonchev–Trinajstić information content (AvgIpc) is 3.24. The van der Waals surface area contributed by atoms with Gasteiger partial charge in [0.2, 0.25) is 0 Å². The quantitative estimate of drug-likeness (QED) is 0.307. The van der Waals surface area contributed by atoms with Gasteiger partial charge in [-0.25, -0.2) is 0 Å². The van der Waals surface area contributed by atoms with E-state index in [1.165, 1.54) is 25.7 Å². The predicted octanol–water partition coefficient (Wildman–Crippen LogP) is 9.27. The van der Waals surface area contributed by atoms with Crippen LogP contribution in [0.3, 0.4) is 0 Å². The van der Waals surface area contributed by atoms with E-state index in [0.717, 1.165) is 22.3 Å². The van der Waals surface area contributed by atoms with E-state index in [2.05, 4.69) is 131 Å². The monoisotopic (exact) mass is 540 g/mol. The molecule has 0 N–H and O–H groups in total. The Balaban J connectivity index is 2.14. The Bertz CT molecular complexity index is 987. The Morgan fingerprint density at radius 2 is 0.757 bits per heavy atom. The van der Waals surface area contributed by atoms with Crippen LogP contribution in [0.25, 0.3) is 0 Å². The first kappa shape index (κ1) is 29.0. The molecule has 2 nitrogen and oxygen atoms in total. The Morgan fingerprint density at radius 1 is 0.514 bits per heavy atom. The number of rotatable bonds is 0. The van der Waals surface area contributed by atoms with Crippen molar-refractivity contribution in [3.8, 4) is 0 Å². The molecule has 1 saturated heterocycles. The highest BCUT2D eigenvalue weighted by Gasteiger charge is 2.65. The van der Waals surface area contributed by atoms with E-state index >= 15 is 0 Å². The van der Waals surface area contributed by atoms with E-state index in [9.17, 15) is 9.59 Å². The third-order valence-electron chi connectivity index (χ3n) is 8.33. The first-order valence-corrected chi connectivity index (χ1v) is 15.6. The van der Waals surface area contributed by atoms with Crippen molar-refractivity contribution < 1.29 is 9.59 Å². The topological polar surface area (TPSA) is 34.1 Å². The van der Waals surface area contributed by atoms with Gasteiger partial charge in [-0.15, -0.1) is 23.5 Å². The van der Waals surface area contributed by atoms with Crippen molar-refractivity contribution in [2.45, 2.75) is 122 Å². The summed E-state index contributed by atoms with van der Waals surface area (Å²) in [5, 5.41) is 0. The molecule has 0 aromatic rings. The summed E-state index contributed by atoms with van der Waals surface area (Å²) in [7, 11) is 0. The van der Waals surface area contributed by atoms with Crippen LogP contribution in [0.1, 0.15) is 109 Å². The molecule has 4 rings (SSSR count). The lowest BCUT2D eigenvalue weighted by Crippen LogP contribution is -2.48. The maximum absolute atomic E-state index is 14.0. The van der Waals surface area contributed by atoms with Crippen molar-refractivity contribution in [2.75, 3.05) is 0 Å². The summed E-state index contributed by atoms with van der Waals surface area (Å²) in [6, 6.07) is 0. The summed E-state index contributed by atoms with van der Waals surface area (Å²) in [4.78, 5) is 28.0. The van der Waals surface area contributed by atoms with Crippen LogP contribution in [0.4, 0.5) is 0 Å². The minimum absolute atomic E-state index is 0.0821. The molecule has 0 aromatic heterocycles. The summed E-state index contributed by atoms with van der Waals surface area (Å²) < 4.78 is -0.789. The maximum Gasteiger partial charge on any atom is 0.185 e. The molecule has 204 valence electrons. The second-order valence-corrected chi connectivity index (χ2v) is 19.4. The SMILES string of the molecule is CC(C)(C)C1=CC2(C=C(C(C)(C)C)C1=O)SC1(CCCC1)SC21C=C(C(C)(C)C)C(=O)C(C(C)(C)C)=C1. The fourth-order valence-corrected chi connectivity index (χ4v) is 10.9. The number of hydrogen-bond donors (Lipinski definition) is 0. The highest BCUT2D eigenvalue weighted by Crippen LogP contribution is 2.73. The lowest BCUT2D eigenvalue weighted by molar-refractivity contribution is -0.115. The molecule has 3 aliphatic carbocycles. The van der Waals surface area contributed by atoms with Crippen LogP contribution >= 0.6 is 23.5 Å². The van der Waals surface area contributed by atoms with Crippen LogP contribution in [0.15, 0.2) is 46.6 Å². The number of allylic oxidation sites excluding steroid dienone is 4. The highest BCUT2D eigenvalue weighted by atomic mass is 32.2. The average molecular weight is 541 g/mol. The molecule has 37 heavy (non-hydrogen) atoms. The summed E-state index contributed by atoms with van der Waals surface area (Å²) in [5.41, 5.74) is 2.56. The van der Waals surface area contributed by atoms with Crippen molar-refractivity contribution in [1.82, 2.24) is 0 Å². The minimum atomic E-state index is -0.436. The molecule has 0 amide bonds. The van der Waals surface area contributed by atoms with E-state index in [0.29, 0.717) is 0 Å². The van der Waals surface area contributed by atoms with Crippen molar-refractivity contribution >= 4 is 35.1 Å². The Hall–Kier alpha value is -1.00. The van der Waals surface area contributed by atoms with Crippen molar-refractivity contribution in [3.05, 3.63) is 46.6 Å². The second kappa shape index (κ2) is 8.50. The van der Waals surface area contributed by atoms with Gasteiger partial charge in [-0.3, -0.25) is 9.59 Å². The van der Waals surface area contributed by atoms with Crippen LogP contribution in [0.5, 0.6) is 0 Å². The summed E-state index contributed by atoms with van der Waals surface area (Å²) in [6.45, 7) is 26.0. The van der Waals surface area contributed by atoms with Crippen LogP contribution < -0.4 is 0 Å². The predicted molar refractivity (Wildman–Crippen MR) is 162 cm³/mol. The van der Waals surface area contributed by atoms with Gasteiger partial charge < -0.3 is 0 Å². The van der Waals surface area contributed by atoms with Gasteiger partial charge in [-0.2, -0.15) is 0 Å². The lowest BCUT2D eigenvalue weighted by Gasteiger charge is -2.46. The number of carbonyl (C=O) groups is 2. The number of fused-ring (bicyclic) bond motifs is 1. The molecule has 0 aromatic carbocycles. The minimum Gasteiger partial charge on any atom is -0.289 e. The van der Waals surface area contributed by atoms with Gasteiger partial charge in [0.05, 0.1) is 13.6 Å². The number of hydrogen-bond acceptors (Lipinski definition) is 4. The van der Waals surface area contributed by atoms with Crippen LogP contribution in [0, 0.1) is 21.7 Å². The maximum atomic E-state index is 14.0. The normalized spacial score (nSPS) is 25.5.